The molecule has 0 saturated heterocycles. The van der Waals surface area contributed by atoms with Gasteiger partial charge in [0.05, 0.1) is 6.54 Å². The lowest BCUT2D eigenvalue weighted by molar-refractivity contribution is -0.134. The van der Waals surface area contributed by atoms with Crippen LogP contribution in [0.3, 0.4) is 0 Å². The smallest absolute Gasteiger partial charge is 0.331 e. The highest BCUT2D eigenvalue weighted by molar-refractivity contribution is 5.88. The molecule has 35 heavy (non-hydrogen) atoms. The third-order valence-corrected chi connectivity index (χ3v) is 5.02. The van der Waals surface area contributed by atoms with Crippen LogP contribution < -0.4 is 10.6 Å². The van der Waals surface area contributed by atoms with Crippen LogP contribution in [0, 0.1) is 0 Å². The lowest BCUT2D eigenvalue weighted by Gasteiger charge is -2.21. The number of para-hydroxylation sites is 1. The molecule has 8 heteroatoms. The van der Waals surface area contributed by atoms with Crippen LogP contribution in [-0.4, -0.2) is 65.6 Å². The van der Waals surface area contributed by atoms with Crippen molar-refractivity contribution >= 4 is 28.7 Å². The molecular weight excluding hydrogens is 444 g/mol. The highest BCUT2D eigenvalue weighted by atomic mass is 16.4. The summed E-state index contributed by atoms with van der Waals surface area (Å²) >= 11 is 0. The number of hydrogen-bond donors (Lipinski definition) is 3. The summed E-state index contributed by atoms with van der Waals surface area (Å²) < 4.78 is 2.20. The quantitative estimate of drug-likeness (QED) is 0.489. The number of aromatic nitrogens is 1. The molecule has 2 aromatic rings. The number of carboxylic acid groups (broad SMARTS) is 1. The molecule has 0 radical (unpaired) electrons. The van der Waals surface area contributed by atoms with Crippen LogP contribution in [-0.2, 0) is 21.4 Å². The summed E-state index contributed by atoms with van der Waals surface area (Å²) in [5, 5.41) is 15.3. The van der Waals surface area contributed by atoms with E-state index in [1.54, 1.807) is 21.0 Å². The van der Waals surface area contributed by atoms with Crippen molar-refractivity contribution in [3.05, 3.63) is 47.7 Å². The molecule has 0 spiro atoms. The molecule has 1 aromatic heterocycles. The molecule has 0 aliphatic heterocycles. The van der Waals surface area contributed by atoms with E-state index in [0.29, 0.717) is 5.92 Å². The number of hydrogen-bond acceptors (Lipinski definition) is 4. The third-order valence-electron chi connectivity index (χ3n) is 5.02. The zero-order chi connectivity index (χ0) is 27.1. The van der Waals surface area contributed by atoms with Crippen molar-refractivity contribution in [1.82, 2.24) is 20.1 Å². The highest BCUT2D eigenvalue weighted by Gasteiger charge is 2.18. The molecule has 2 rings (SSSR count). The summed E-state index contributed by atoms with van der Waals surface area (Å²) in [4.78, 5) is 35.1. The van der Waals surface area contributed by atoms with Gasteiger partial charge in [-0.2, -0.15) is 0 Å². The number of benzene rings is 1. The zero-order valence-electron chi connectivity index (χ0n) is 22.8. The molecule has 1 aromatic carbocycles. The fraction of sp³-hybridized carbons (Fsp3) is 0.519. The van der Waals surface area contributed by atoms with E-state index in [1.165, 1.54) is 40.8 Å². The van der Waals surface area contributed by atoms with Gasteiger partial charge in [0.25, 0.3) is 0 Å². The predicted molar refractivity (Wildman–Crippen MR) is 144 cm³/mol. The highest BCUT2D eigenvalue weighted by Crippen LogP contribution is 2.26. The fourth-order valence-electron chi connectivity index (χ4n) is 3.13. The zero-order valence-corrected chi connectivity index (χ0v) is 22.8. The summed E-state index contributed by atoms with van der Waals surface area (Å²) in [6, 6.07) is 7.91. The number of nitrogens with one attached hydrogen (secondary N) is 2. The van der Waals surface area contributed by atoms with E-state index in [1.807, 2.05) is 0 Å². The van der Waals surface area contributed by atoms with Crippen molar-refractivity contribution in [2.24, 2.45) is 7.05 Å². The van der Waals surface area contributed by atoms with Crippen molar-refractivity contribution in [1.29, 1.82) is 0 Å². The average molecular weight is 489 g/mol. The normalized spacial score (nSPS) is 11.7. The van der Waals surface area contributed by atoms with E-state index >= 15 is 0 Å². The van der Waals surface area contributed by atoms with Crippen LogP contribution in [0.2, 0.25) is 0 Å². The number of fused-ring (bicyclic) bond motifs is 1. The van der Waals surface area contributed by atoms with E-state index in [0.717, 1.165) is 0 Å². The summed E-state index contributed by atoms with van der Waals surface area (Å²) in [7, 11) is 5.29. The Morgan fingerprint density at radius 1 is 1.14 bits per heavy atom. The first-order valence-corrected chi connectivity index (χ1v) is 12.0. The number of carbonyl (C=O) groups is 3. The minimum atomic E-state index is -1.02. The molecule has 0 aliphatic rings. The van der Waals surface area contributed by atoms with Gasteiger partial charge in [0.1, 0.15) is 6.04 Å². The molecule has 0 aliphatic carbocycles. The van der Waals surface area contributed by atoms with E-state index in [2.05, 4.69) is 80.4 Å². The minimum absolute atomic E-state index is 0.138. The second-order valence-corrected chi connectivity index (χ2v) is 8.80. The lowest BCUT2D eigenvalue weighted by Crippen LogP contribution is -2.47. The standard InChI is InChI=1S/C12H21N3O4.C12H15N.C3H8/c1-8(12(18)19)5-6-15(4)11(17)9(2)14-10(16)7-13-3;1-9(2)11-8-13(3)12-7-5-4-6-10(11)12;1-3-2/h5,9,13H,6-7H2,1-4H3,(H,14,16)(H,18,19);4-9H,1-3H3;3H2,1-2H3/b8-5+;;. The Morgan fingerprint density at radius 2 is 1.71 bits per heavy atom. The van der Waals surface area contributed by atoms with Gasteiger partial charge < -0.3 is 25.2 Å². The number of aryl methyl sites for hydroxylation is 1. The SMILES string of the molecule is CC(C)c1cn(C)c2ccccc12.CCC.CNCC(=O)NC(C)C(=O)N(C)C/C=C(\C)C(=O)O. The number of aliphatic carboxylic acids is 1. The van der Waals surface area contributed by atoms with E-state index in [4.69, 9.17) is 5.11 Å². The number of amides is 2. The summed E-state index contributed by atoms with van der Waals surface area (Å²) in [5.41, 5.74) is 2.94. The van der Waals surface area contributed by atoms with Gasteiger partial charge in [-0.1, -0.05) is 58.4 Å². The Kier molecular flexibility index (Phi) is 15.0. The van der Waals surface area contributed by atoms with E-state index in [-0.39, 0.29) is 30.5 Å². The number of rotatable bonds is 8. The molecule has 0 fully saturated rings. The Morgan fingerprint density at radius 3 is 2.23 bits per heavy atom. The van der Waals surface area contributed by atoms with Crippen molar-refractivity contribution in [3.8, 4) is 0 Å². The Balaban J connectivity index is 0.000000620. The Hall–Kier alpha value is -3.13. The van der Waals surface area contributed by atoms with Crippen molar-refractivity contribution in [3.63, 3.8) is 0 Å². The molecule has 1 unspecified atom stereocenters. The maximum absolute atomic E-state index is 11.9. The largest absolute Gasteiger partial charge is 0.478 e. The maximum atomic E-state index is 11.9. The lowest BCUT2D eigenvalue weighted by atomic mass is 10.0. The molecule has 2 amide bonds. The second-order valence-electron chi connectivity index (χ2n) is 8.80. The molecule has 3 N–H and O–H groups in total. The van der Waals surface area contributed by atoms with Gasteiger partial charge in [-0.05, 0) is 38.4 Å². The molecule has 1 heterocycles. The van der Waals surface area contributed by atoms with Crippen molar-refractivity contribution in [2.45, 2.75) is 59.9 Å². The van der Waals surface area contributed by atoms with E-state index < -0.39 is 12.0 Å². The molecule has 0 saturated carbocycles. The predicted octanol–water partition coefficient (Wildman–Crippen LogP) is 3.92. The molecule has 0 bridgehead atoms. The Labute approximate surface area is 210 Å². The minimum Gasteiger partial charge on any atom is -0.478 e. The van der Waals surface area contributed by atoms with Crippen LogP contribution in [0.4, 0.5) is 0 Å². The first-order valence-electron chi connectivity index (χ1n) is 12.0. The van der Waals surface area contributed by atoms with Gasteiger partial charge >= 0.3 is 5.97 Å². The van der Waals surface area contributed by atoms with Crippen LogP contribution in [0.25, 0.3) is 10.9 Å². The monoisotopic (exact) mass is 488 g/mol. The third kappa shape index (κ3) is 11.2. The molecule has 8 nitrogen and oxygen atoms in total. The van der Waals surface area contributed by atoms with Crippen molar-refractivity contribution < 1.29 is 19.5 Å². The molecular formula is C27H44N4O4. The first kappa shape index (κ1) is 31.9. The number of nitrogens with zero attached hydrogens (tertiary/aromatic N) is 2. The van der Waals surface area contributed by atoms with Crippen LogP contribution in [0.1, 0.15) is 59.4 Å². The molecule has 1 atom stereocenters. The van der Waals surface area contributed by atoms with Crippen molar-refractivity contribution in [2.75, 3.05) is 27.2 Å². The Bertz CT molecular complexity index is 979. The van der Waals surface area contributed by atoms with Gasteiger partial charge in [-0.15, -0.1) is 0 Å². The first-order chi connectivity index (χ1) is 16.4. The number of carbonyl (C=O) groups excluding carboxylic acids is 2. The average Bonchev–Trinajstić information content (AvgIpc) is 3.14. The summed E-state index contributed by atoms with van der Waals surface area (Å²) in [6.07, 6.45) is 4.93. The maximum Gasteiger partial charge on any atom is 0.331 e. The van der Waals surface area contributed by atoms with E-state index in [9.17, 15) is 14.4 Å². The summed E-state index contributed by atoms with van der Waals surface area (Å²) in [5.74, 6) is -0.963. The number of likely N-dealkylation sites (N-methyl/N-ethyl adjacent to an activating group) is 2. The summed E-state index contributed by atoms with van der Waals surface area (Å²) in [6.45, 7) is 12.1. The van der Waals surface area contributed by atoms with Gasteiger partial charge in [0, 0.05) is 43.3 Å². The van der Waals surface area contributed by atoms with Gasteiger partial charge in [0.2, 0.25) is 11.8 Å². The second kappa shape index (κ2) is 16.5. The van der Waals surface area contributed by atoms with Gasteiger partial charge in [-0.3, -0.25) is 9.59 Å². The van der Waals surface area contributed by atoms with Crippen LogP contribution >= 0.6 is 0 Å². The fourth-order valence-corrected chi connectivity index (χ4v) is 3.13. The van der Waals surface area contributed by atoms with Crippen LogP contribution in [0.15, 0.2) is 42.1 Å². The number of carboxylic acids is 1. The topological polar surface area (TPSA) is 104 Å². The van der Waals surface area contributed by atoms with Gasteiger partial charge in [-0.25, -0.2) is 4.79 Å². The van der Waals surface area contributed by atoms with Crippen LogP contribution in [0.5, 0.6) is 0 Å². The molecule has 196 valence electrons. The van der Waals surface area contributed by atoms with Gasteiger partial charge in [0.15, 0.2) is 0 Å².